The van der Waals surface area contributed by atoms with E-state index in [-0.39, 0.29) is 12.8 Å². The van der Waals surface area contributed by atoms with Crippen LogP contribution in [0.25, 0.3) is 0 Å². The average Bonchev–Trinajstić information content (AvgIpc) is 2.86. The number of carbonyl (C=O) groups is 3. The lowest BCUT2D eigenvalue weighted by Gasteiger charge is -2.25. The van der Waals surface area contributed by atoms with E-state index in [1.54, 1.807) is 53.7 Å². The molecule has 1 aromatic heterocycles. The van der Waals surface area contributed by atoms with E-state index in [0.717, 1.165) is 11.3 Å². The Hall–Kier alpha value is -2.09. The van der Waals surface area contributed by atoms with Crippen molar-refractivity contribution in [2.45, 2.75) is 71.6 Å². The van der Waals surface area contributed by atoms with E-state index in [9.17, 15) is 14.4 Å². The van der Waals surface area contributed by atoms with Crippen LogP contribution in [0.5, 0.6) is 0 Å². The first-order valence-corrected chi connectivity index (χ1v) is 9.19. The number of nitrogens with one attached hydrogen (secondary N) is 1. The molecule has 7 nitrogen and oxygen atoms in total. The van der Waals surface area contributed by atoms with E-state index in [2.05, 4.69) is 5.32 Å². The Kier molecular flexibility index (Phi) is 7.20. The third kappa shape index (κ3) is 8.33. The molecule has 1 aromatic rings. The first kappa shape index (κ1) is 22.0. The van der Waals surface area contributed by atoms with E-state index < -0.39 is 35.1 Å². The maximum Gasteiger partial charge on any atom is 0.329 e. The number of esters is 2. The average molecular weight is 384 g/mol. The SMILES string of the molecule is CC(C)(C)OC(=O)CC[C@H](NC(=O)c1ccc(N)s1)C(=O)OC(C)(C)C. The molecule has 0 fully saturated rings. The Balaban J connectivity index is 2.80. The first-order chi connectivity index (χ1) is 11.8. The number of thiophene rings is 1. The zero-order valence-corrected chi connectivity index (χ0v) is 17.0. The highest BCUT2D eigenvalue weighted by Crippen LogP contribution is 2.19. The van der Waals surface area contributed by atoms with Crippen LogP contribution in [-0.4, -0.2) is 35.1 Å². The molecule has 0 aromatic carbocycles. The number of amides is 1. The second-order valence-electron chi connectivity index (χ2n) is 7.89. The van der Waals surface area contributed by atoms with Crippen LogP contribution in [-0.2, 0) is 19.1 Å². The molecule has 1 atom stereocenters. The molecule has 0 bridgehead atoms. The van der Waals surface area contributed by atoms with Crippen molar-refractivity contribution in [2.24, 2.45) is 0 Å². The summed E-state index contributed by atoms with van der Waals surface area (Å²) in [6.07, 6.45) is 0.0600. The van der Waals surface area contributed by atoms with Crippen molar-refractivity contribution >= 4 is 34.2 Å². The molecule has 1 amide bonds. The van der Waals surface area contributed by atoms with E-state index in [1.807, 2.05) is 0 Å². The van der Waals surface area contributed by atoms with Gasteiger partial charge in [-0.15, -0.1) is 11.3 Å². The Morgan fingerprint density at radius 2 is 1.65 bits per heavy atom. The molecule has 0 saturated heterocycles. The highest BCUT2D eigenvalue weighted by Gasteiger charge is 2.28. The largest absolute Gasteiger partial charge is 0.460 e. The van der Waals surface area contributed by atoms with Gasteiger partial charge in [0.25, 0.3) is 5.91 Å². The van der Waals surface area contributed by atoms with Crippen molar-refractivity contribution in [3.8, 4) is 0 Å². The van der Waals surface area contributed by atoms with Gasteiger partial charge in [-0.25, -0.2) is 4.79 Å². The van der Waals surface area contributed by atoms with Gasteiger partial charge >= 0.3 is 11.9 Å². The Labute approximate surface area is 158 Å². The molecule has 0 saturated carbocycles. The fourth-order valence-corrected chi connectivity index (χ4v) is 2.66. The zero-order valence-electron chi connectivity index (χ0n) is 16.2. The number of anilines is 1. The van der Waals surface area contributed by atoms with Gasteiger partial charge in [-0.1, -0.05) is 0 Å². The lowest BCUT2D eigenvalue weighted by Crippen LogP contribution is -2.44. The normalized spacial score (nSPS) is 13.0. The Morgan fingerprint density at radius 3 is 2.12 bits per heavy atom. The number of ether oxygens (including phenoxy) is 2. The predicted molar refractivity (Wildman–Crippen MR) is 101 cm³/mol. The van der Waals surface area contributed by atoms with Crippen LogP contribution >= 0.6 is 11.3 Å². The van der Waals surface area contributed by atoms with Crippen LogP contribution in [0.3, 0.4) is 0 Å². The summed E-state index contributed by atoms with van der Waals surface area (Å²) in [5.41, 5.74) is 4.31. The quantitative estimate of drug-likeness (QED) is 0.730. The summed E-state index contributed by atoms with van der Waals surface area (Å²) < 4.78 is 10.6. The van der Waals surface area contributed by atoms with Gasteiger partial charge in [-0.05, 0) is 60.1 Å². The number of hydrogen-bond acceptors (Lipinski definition) is 7. The van der Waals surface area contributed by atoms with Crippen LogP contribution in [0.15, 0.2) is 12.1 Å². The molecule has 0 unspecified atom stereocenters. The van der Waals surface area contributed by atoms with Crippen LogP contribution in [0, 0.1) is 0 Å². The molecule has 1 heterocycles. The van der Waals surface area contributed by atoms with Crippen molar-refractivity contribution < 1.29 is 23.9 Å². The molecule has 146 valence electrons. The number of hydrogen-bond donors (Lipinski definition) is 2. The summed E-state index contributed by atoms with van der Waals surface area (Å²) in [6, 6.07) is 2.23. The van der Waals surface area contributed by atoms with Gasteiger partial charge in [0.1, 0.15) is 17.2 Å². The third-order valence-electron chi connectivity index (χ3n) is 2.90. The molecule has 8 heteroatoms. The fraction of sp³-hybridized carbons (Fsp3) is 0.611. The molecule has 0 aliphatic rings. The van der Waals surface area contributed by atoms with Crippen molar-refractivity contribution in [1.29, 1.82) is 0 Å². The topological polar surface area (TPSA) is 108 Å². The first-order valence-electron chi connectivity index (χ1n) is 8.38. The maximum absolute atomic E-state index is 12.4. The molecule has 26 heavy (non-hydrogen) atoms. The number of carbonyl (C=O) groups excluding carboxylic acids is 3. The highest BCUT2D eigenvalue weighted by atomic mass is 32.1. The third-order valence-corrected chi connectivity index (χ3v) is 3.82. The van der Waals surface area contributed by atoms with E-state index in [4.69, 9.17) is 15.2 Å². The maximum atomic E-state index is 12.4. The van der Waals surface area contributed by atoms with Crippen LogP contribution in [0.4, 0.5) is 5.00 Å². The van der Waals surface area contributed by atoms with Crippen LogP contribution in [0.1, 0.15) is 64.1 Å². The van der Waals surface area contributed by atoms with E-state index in [1.165, 1.54) is 0 Å². The molecular weight excluding hydrogens is 356 g/mol. The summed E-state index contributed by atoms with van der Waals surface area (Å²) in [5.74, 6) is -1.48. The standard InChI is InChI=1S/C18H28N2O5S/c1-17(2,3)24-14(21)10-7-11(16(23)25-18(4,5)6)20-15(22)12-8-9-13(19)26-12/h8-9,11H,7,10,19H2,1-6H3,(H,20,22)/t11-/m0/s1. The van der Waals surface area contributed by atoms with Crippen LogP contribution < -0.4 is 11.1 Å². The number of rotatable bonds is 6. The fourth-order valence-electron chi connectivity index (χ4n) is 1.98. The van der Waals surface area contributed by atoms with Crippen molar-refractivity contribution in [2.75, 3.05) is 5.73 Å². The summed E-state index contributed by atoms with van der Waals surface area (Å²) in [4.78, 5) is 37.1. The molecule has 0 spiro atoms. The smallest absolute Gasteiger partial charge is 0.329 e. The molecule has 1 rings (SSSR count). The lowest BCUT2D eigenvalue weighted by molar-refractivity contribution is -0.158. The molecule has 0 radical (unpaired) electrons. The van der Waals surface area contributed by atoms with Gasteiger partial charge in [0.2, 0.25) is 0 Å². The Morgan fingerprint density at radius 1 is 1.08 bits per heavy atom. The number of nitrogen functional groups attached to an aromatic ring is 1. The molecular formula is C18H28N2O5S. The second kappa shape index (κ2) is 8.53. The zero-order chi connectivity index (χ0) is 20.1. The van der Waals surface area contributed by atoms with E-state index in [0.29, 0.717) is 9.88 Å². The van der Waals surface area contributed by atoms with Crippen LogP contribution in [0.2, 0.25) is 0 Å². The lowest BCUT2D eigenvalue weighted by atomic mass is 10.1. The second-order valence-corrected chi connectivity index (χ2v) is 9.00. The van der Waals surface area contributed by atoms with E-state index >= 15 is 0 Å². The van der Waals surface area contributed by atoms with Gasteiger partial charge in [0.05, 0.1) is 9.88 Å². The summed E-state index contributed by atoms with van der Waals surface area (Å²) in [5, 5.41) is 3.12. The highest BCUT2D eigenvalue weighted by molar-refractivity contribution is 7.17. The van der Waals surface area contributed by atoms with Gasteiger partial charge in [-0.3, -0.25) is 9.59 Å². The van der Waals surface area contributed by atoms with Gasteiger partial charge < -0.3 is 20.5 Å². The molecule has 0 aliphatic carbocycles. The Bertz CT molecular complexity index is 655. The van der Waals surface area contributed by atoms with Gasteiger partial charge in [0, 0.05) is 6.42 Å². The van der Waals surface area contributed by atoms with Gasteiger partial charge in [-0.2, -0.15) is 0 Å². The molecule has 0 aliphatic heterocycles. The van der Waals surface area contributed by atoms with Crippen molar-refractivity contribution in [1.82, 2.24) is 5.32 Å². The molecule has 3 N–H and O–H groups in total. The number of nitrogens with two attached hydrogens (primary N) is 1. The predicted octanol–water partition coefficient (Wildman–Crippen LogP) is 2.89. The summed E-state index contributed by atoms with van der Waals surface area (Å²) in [6.45, 7) is 10.5. The minimum Gasteiger partial charge on any atom is -0.460 e. The monoisotopic (exact) mass is 384 g/mol. The van der Waals surface area contributed by atoms with Crippen molar-refractivity contribution in [3.05, 3.63) is 17.0 Å². The summed E-state index contributed by atoms with van der Waals surface area (Å²) in [7, 11) is 0. The minimum atomic E-state index is -0.961. The minimum absolute atomic E-state index is 0.0198. The van der Waals surface area contributed by atoms with Crippen molar-refractivity contribution in [3.63, 3.8) is 0 Å². The van der Waals surface area contributed by atoms with Gasteiger partial charge in [0.15, 0.2) is 0 Å². The summed E-state index contributed by atoms with van der Waals surface area (Å²) >= 11 is 1.12.